The minimum atomic E-state index is -0.934. The summed E-state index contributed by atoms with van der Waals surface area (Å²) < 4.78 is 1.15. The highest BCUT2D eigenvalue weighted by molar-refractivity contribution is 7.17. The Balaban J connectivity index is 1.71. The quantitative estimate of drug-likeness (QED) is 0.888. The molecule has 1 heterocycles. The van der Waals surface area contributed by atoms with Crippen LogP contribution in [0.1, 0.15) is 18.4 Å². The lowest BCUT2D eigenvalue weighted by Gasteiger charge is -2.13. The van der Waals surface area contributed by atoms with Gasteiger partial charge in [0.15, 0.2) is 0 Å². The van der Waals surface area contributed by atoms with Crippen LogP contribution in [0, 0.1) is 5.92 Å². The Labute approximate surface area is 120 Å². The van der Waals surface area contributed by atoms with Crippen molar-refractivity contribution < 1.29 is 14.7 Å². The summed E-state index contributed by atoms with van der Waals surface area (Å²) in [5.74, 6) is -1.04. The number of carbonyl (C=O) groups excluding carboxylic acids is 1. The Bertz CT molecular complexity index is 660. The van der Waals surface area contributed by atoms with E-state index in [-0.39, 0.29) is 18.2 Å². The summed E-state index contributed by atoms with van der Waals surface area (Å²) in [6, 6.07) is 7.19. The SMILES string of the molecule is O=C(Cc1csc2ccccc12)NC(C(=O)O)C1CC1. The van der Waals surface area contributed by atoms with Crippen LogP contribution >= 0.6 is 11.3 Å². The maximum atomic E-state index is 12.0. The van der Waals surface area contributed by atoms with Crippen LogP contribution < -0.4 is 5.32 Å². The van der Waals surface area contributed by atoms with Crippen LogP contribution in [0.25, 0.3) is 10.1 Å². The van der Waals surface area contributed by atoms with E-state index in [1.807, 2.05) is 29.6 Å². The van der Waals surface area contributed by atoms with E-state index in [0.717, 1.165) is 28.5 Å². The maximum Gasteiger partial charge on any atom is 0.326 e. The standard InChI is InChI=1S/C15H15NO3S/c17-13(16-14(15(18)19)9-5-6-9)7-10-8-20-12-4-2-1-3-11(10)12/h1-4,8-9,14H,5-7H2,(H,16,17)(H,18,19). The second kappa shape index (κ2) is 5.25. The van der Waals surface area contributed by atoms with Crippen molar-refractivity contribution in [3.63, 3.8) is 0 Å². The minimum absolute atomic E-state index is 0.107. The number of carbonyl (C=O) groups is 2. The molecule has 0 radical (unpaired) electrons. The third-order valence-corrected chi connectivity index (χ3v) is 4.60. The van der Waals surface area contributed by atoms with Crippen molar-refractivity contribution in [2.45, 2.75) is 25.3 Å². The molecular weight excluding hydrogens is 274 g/mol. The average molecular weight is 289 g/mol. The van der Waals surface area contributed by atoms with Crippen molar-refractivity contribution >= 4 is 33.3 Å². The van der Waals surface area contributed by atoms with Gasteiger partial charge in [-0.25, -0.2) is 4.79 Å². The summed E-state index contributed by atoms with van der Waals surface area (Å²) in [5, 5.41) is 14.8. The molecule has 1 saturated carbocycles. The van der Waals surface area contributed by atoms with Crippen LogP contribution in [0.15, 0.2) is 29.6 Å². The van der Waals surface area contributed by atoms with Crippen LogP contribution in [-0.4, -0.2) is 23.0 Å². The summed E-state index contributed by atoms with van der Waals surface area (Å²) in [4.78, 5) is 23.1. The highest BCUT2D eigenvalue weighted by Crippen LogP contribution is 2.33. The molecular formula is C15H15NO3S. The molecule has 1 aliphatic carbocycles. The van der Waals surface area contributed by atoms with Gasteiger partial charge in [-0.05, 0) is 41.2 Å². The van der Waals surface area contributed by atoms with E-state index in [1.54, 1.807) is 11.3 Å². The highest BCUT2D eigenvalue weighted by Gasteiger charge is 2.37. The largest absolute Gasteiger partial charge is 0.480 e. The number of rotatable bonds is 5. The van der Waals surface area contributed by atoms with Gasteiger partial charge < -0.3 is 10.4 Å². The van der Waals surface area contributed by atoms with Crippen LogP contribution in [0.2, 0.25) is 0 Å². The molecule has 4 nitrogen and oxygen atoms in total. The molecule has 1 aromatic heterocycles. The first kappa shape index (κ1) is 13.1. The molecule has 2 N–H and O–H groups in total. The van der Waals surface area contributed by atoms with E-state index in [1.165, 1.54) is 0 Å². The summed E-state index contributed by atoms with van der Waals surface area (Å²) in [5.41, 5.74) is 0.961. The third-order valence-electron chi connectivity index (χ3n) is 3.59. The average Bonchev–Trinajstić information content (AvgIpc) is 3.19. The van der Waals surface area contributed by atoms with Gasteiger partial charge in [0.2, 0.25) is 5.91 Å². The Morgan fingerprint density at radius 2 is 2.10 bits per heavy atom. The topological polar surface area (TPSA) is 66.4 Å². The first-order valence-corrected chi connectivity index (χ1v) is 7.50. The van der Waals surface area contributed by atoms with Crippen LogP contribution in [-0.2, 0) is 16.0 Å². The Morgan fingerprint density at radius 1 is 1.35 bits per heavy atom. The van der Waals surface area contributed by atoms with Gasteiger partial charge in [0.25, 0.3) is 0 Å². The van der Waals surface area contributed by atoms with E-state index < -0.39 is 12.0 Å². The molecule has 0 saturated heterocycles. The molecule has 0 spiro atoms. The molecule has 1 unspecified atom stereocenters. The fraction of sp³-hybridized carbons (Fsp3) is 0.333. The normalized spacial score (nSPS) is 16.0. The zero-order valence-corrected chi connectivity index (χ0v) is 11.7. The fourth-order valence-corrected chi connectivity index (χ4v) is 3.34. The van der Waals surface area contributed by atoms with Gasteiger partial charge in [0.1, 0.15) is 6.04 Å². The molecule has 1 atom stereocenters. The molecule has 3 rings (SSSR count). The lowest BCUT2D eigenvalue weighted by atomic mass is 10.1. The number of amides is 1. The fourth-order valence-electron chi connectivity index (χ4n) is 2.38. The van der Waals surface area contributed by atoms with Crippen molar-refractivity contribution in [1.29, 1.82) is 0 Å². The lowest BCUT2D eigenvalue weighted by molar-refractivity contribution is -0.142. The number of benzene rings is 1. The number of nitrogens with one attached hydrogen (secondary N) is 1. The second-order valence-corrected chi connectivity index (χ2v) is 6.07. The monoisotopic (exact) mass is 289 g/mol. The zero-order valence-electron chi connectivity index (χ0n) is 10.8. The van der Waals surface area contributed by atoms with Crippen molar-refractivity contribution in [2.75, 3.05) is 0 Å². The smallest absolute Gasteiger partial charge is 0.326 e. The van der Waals surface area contributed by atoms with E-state index in [0.29, 0.717) is 0 Å². The molecule has 5 heteroatoms. The van der Waals surface area contributed by atoms with Crippen LogP contribution in [0.4, 0.5) is 0 Å². The van der Waals surface area contributed by atoms with E-state index in [4.69, 9.17) is 5.11 Å². The van der Waals surface area contributed by atoms with Crippen molar-refractivity contribution in [2.24, 2.45) is 5.92 Å². The summed E-state index contributed by atoms with van der Waals surface area (Å²) in [6.45, 7) is 0. The van der Waals surface area contributed by atoms with Crippen molar-refractivity contribution in [1.82, 2.24) is 5.32 Å². The van der Waals surface area contributed by atoms with Gasteiger partial charge in [-0.3, -0.25) is 4.79 Å². The van der Waals surface area contributed by atoms with Crippen molar-refractivity contribution in [3.8, 4) is 0 Å². The summed E-state index contributed by atoms with van der Waals surface area (Å²) >= 11 is 1.60. The minimum Gasteiger partial charge on any atom is -0.480 e. The number of hydrogen-bond donors (Lipinski definition) is 2. The van der Waals surface area contributed by atoms with Gasteiger partial charge in [0, 0.05) is 4.70 Å². The molecule has 1 amide bonds. The zero-order chi connectivity index (χ0) is 14.1. The van der Waals surface area contributed by atoms with E-state index >= 15 is 0 Å². The van der Waals surface area contributed by atoms with Gasteiger partial charge in [-0.15, -0.1) is 11.3 Å². The molecule has 20 heavy (non-hydrogen) atoms. The van der Waals surface area contributed by atoms with Crippen LogP contribution in [0.5, 0.6) is 0 Å². The summed E-state index contributed by atoms with van der Waals surface area (Å²) in [7, 11) is 0. The molecule has 1 aliphatic rings. The molecule has 2 aromatic rings. The number of aliphatic carboxylic acids is 1. The predicted molar refractivity (Wildman–Crippen MR) is 77.8 cm³/mol. The number of carboxylic acids is 1. The van der Waals surface area contributed by atoms with Crippen LogP contribution in [0.3, 0.4) is 0 Å². The first-order chi connectivity index (χ1) is 9.65. The summed E-state index contributed by atoms with van der Waals surface area (Å²) in [6.07, 6.45) is 2.01. The Kier molecular flexibility index (Phi) is 3.44. The Hall–Kier alpha value is -1.88. The Morgan fingerprint density at radius 3 is 2.80 bits per heavy atom. The third kappa shape index (κ3) is 2.67. The molecule has 104 valence electrons. The van der Waals surface area contributed by atoms with Crippen molar-refractivity contribution in [3.05, 3.63) is 35.2 Å². The predicted octanol–water partition coefficient (Wildman–Crippen LogP) is 2.42. The van der Waals surface area contributed by atoms with Gasteiger partial charge in [0.05, 0.1) is 6.42 Å². The molecule has 0 bridgehead atoms. The second-order valence-electron chi connectivity index (χ2n) is 5.15. The van der Waals surface area contributed by atoms with Gasteiger partial charge >= 0.3 is 5.97 Å². The lowest BCUT2D eigenvalue weighted by Crippen LogP contribution is -2.43. The van der Waals surface area contributed by atoms with E-state index in [2.05, 4.69) is 5.32 Å². The number of fused-ring (bicyclic) bond motifs is 1. The first-order valence-electron chi connectivity index (χ1n) is 6.62. The molecule has 0 aliphatic heterocycles. The molecule has 1 fully saturated rings. The number of carboxylic acid groups (broad SMARTS) is 1. The maximum absolute atomic E-state index is 12.0. The van der Waals surface area contributed by atoms with Gasteiger partial charge in [-0.2, -0.15) is 0 Å². The molecule has 1 aromatic carbocycles. The highest BCUT2D eigenvalue weighted by atomic mass is 32.1. The number of thiophene rings is 1. The van der Waals surface area contributed by atoms with Gasteiger partial charge in [-0.1, -0.05) is 18.2 Å². The number of hydrogen-bond acceptors (Lipinski definition) is 3. The van der Waals surface area contributed by atoms with E-state index in [9.17, 15) is 9.59 Å².